The van der Waals surface area contributed by atoms with Crippen molar-refractivity contribution in [3.8, 4) is 5.75 Å². The predicted molar refractivity (Wildman–Crippen MR) is 87.3 cm³/mol. The first-order valence-electron chi connectivity index (χ1n) is 8.01. The van der Waals surface area contributed by atoms with Crippen molar-refractivity contribution in [1.29, 1.82) is 0 Å². The molecule has 1 fully saturated rings. The SMILES string of the molecule is CC(C)C1CC(NO)NC(NC(=O)Nc2ccc(OC(F)(F)F)cc2)N1. The molecule has 0 aromatic heterocycles. The van der Waals surface area contributed by atoms with E-state index < -0.39 is 24.8 Å². The molecule has 0 spiro atoms. The normalized spacial score (nSPS) is 23.6. The molecule has 1 saturated heterocycles. The zero-order valence-electron chi connectivity index (χ0n) is 14.2. The van der Waals surface area contributed by atoms with Crippen LogP contribution in [0, 0.1) is 5.92 Å². The number of anilines is 1. The number of ether oxygens (including phenoxy) is 1. The van der Waals surface area contributed by atoms with Gasteiger partial charge in [-0.2, -0.15) is 5.48 Å². The molecule has 3 unspecified atom stereocenters. The lowest BCUT2D eigenvalue weighted by Gasteiger charge is -2.38. The lowest BCUT2D eigenvalue weighted by Crippen LogP contribution is -2.68. The van der Waals surface area contributed by atoms with Crippen LogP contribution in [0.4, 0.5) is 23.7 Å². The lowest BCUT2D eigenvalue weighted by molar-refractivity contribution is -0.274. The number of carbonyl (C=O) groups is 1. The summed E-state index contributed by atoms with van der Waals surface area (Å²) in [6.07, 6.45) is -5.15. The Hall–Kier alpha value is -2.08. The summed E-state index contributed by atoms with van der Waals surface area (Å²) in [6.45, 7) is 4.03. The van der Waals surface area contributed by atoms with Crippen LogP contribution in [0.3, 0.4) is 0 Å². The molecule has 1 heterocycles. The molecule has 1 aromatic carbocycles. The van der Waals surface area contributed by atoms with Gasteiger partial charge in [-0.05, 0) is 36.6 Å². The van der Waals surface area contributed by atoms with Gasteiger partial charge in [0.1, 0.15) is 12.0 Å². The van der Waals surface area contributed by atoms with Gasteiger partial charge in [0.15, 0.2) is 0 Å². The van der Waals surface area contributed by atoms with E-state index in [2.05, 4.69) is 31.5 Å². The van der Waals surface area contributed by atoms with Crippen molar-refractivity contribution in [2.45, 2.75) is 45.1 Å². The molecular formula is C15H22F3N5O3. The Morgan fingerprint density at radius 3 is 2.46 bits per heavy atom. The van der Waals surface area contributed by atoms with Crippen molar-refractivity contribution in [3.63, 3.8) is 0 Å². The lowest BCUT2D eigenvalue weighted by atomic mass is 9.98. The second kappa shape index (κ2) is 8.54. The minimum Gasteiger partial charge on any atom is -0.406 e. The number of hydrogen-bond donors (Lipinski definition) is 6. The number of halogens is 3. The first kappa shape index (κ1) is 20.2. The number of benzene rings is 1. The Morgan fingerprint density at radius 1 is 1.27 bits per heavy atom. The number of urea groups is 1. The third-order valence-electron chi connectivity index (χ3n) is 3.82. The number of amides is 2. The van der Waals surface area contributed by atoms with Crippen molar-refractivity contribution in [3.05, 3.63) is 24.3 Å². The van der Waals surface area contributed by atoms with Gasteiger partial charge >= 0.3 is 12.4 Å². The average Bonchev–Trinajstić information content (AvgIpc) is 2.54. The molecule has 1 aliphatic heterocycles. The fourth-order valence-corrected chi connectivity index (χ4v) is 2.53. The second-order valence-electron chi connectivity index (χ2n) is 6.20. The highest BCUT2D eigenvalue weighted by atomic mass is 19.4. The second-order valence-corrected chi connectivity index (χ2v) is 6.20. The molecule has 8 nitrogen and oxygen atoms in total. The molecule has 11 heteroatoms. The molecule has 0 radical (unpaired) electrons. The summed E-state index contributed by atoms with van der Waals surface area (Å²) in [6, 6.07) is 4.27. The van der Waals surface area contributed by atoms with E-state index in [4.69, 9.17) is 5.21 Å². The van der Waals surface area contributed by atoms with Gasteiger partial charge in [-0.3, -0.25) is 10.6 Å². The molecule has 0 bridgehead atoms. The molecule has 0 aliphatic carbocycles. The van der Waals surface area contributed by atoms with Gasteiger partial charge in [-0.25, -0.2) is 4.79 Å². The van der Waals surface area contributed by atoms with E-state index in [-0.39, 0.29) is 17.7 Å². The van der Waals surface area contributed by atoms with Gasteiger partial charge in [-0.1, -0.05) is 13.8 Å². The van der Waals surface area contributed by atoms with Crippen LogP contribution in [0.5, 0.6) is 5.75 Å². The molecule has 1 aromatic rings. The molecule has 2 rings (SSSR count). The van der Waals surface area contributed by atoms with Crippen molar-refractivity contribution >= 4 is 11.7 Å². The fraction of sp³-hybridized carbons (Fsp3) is 0.533. The van der Waals surface area contributed by atoms with Crippen LogP contribution >= 0.6 is 0 Å². The van der Waals surface area contributed by atoms with E-state index in [0.717, 1.165) is 12.1 Å². The molecule has 3 atom stereocenters. The Bertz CT molecular complexity index is 597. The smallest absolute Gasteiger partial charge is 0.406 e. The summed E-state index contributed by atoms with van der Waals surface area (Å²) in [5, 5.41) is 20.4. The predicted octanol–water partition coefficient (Wildman–Crippen LogP) is 1.90. The van der Waals surface area contributed by atoms with Gasteiger partial charge in [0, 0.05) is 11.7 Å². The van der Waals surface area contributed by atoms with E-state index >= 15 is 0 Å². The number of alkyl halides is 3. The summed E-state index contributed by atoms with van der Waals surface area (Å²) < 4.78 is 40.1. The van der Waals surface area contributed by atoms with E-state index in [1.807, 2.05) is 13.8 Å². The third-order valence-corrected chi connectivity index (χ3v) is 3.82. The number of rotatable bonds is 5. The zero-order valence-corrected chi connectivity index (χ0v) is 14.2. The van der Waals surface area contributed by atoms with Crippen LogP contribution in [0.2, 0.25) is 0 Å². The van der Waals surface area contributed by atoms with Crippen LogP contribution in [-0.4, -0.2) is 36.1 Å². The van der Waals surface area contributed by atoms with Crippen LogP contribution in [-0.2, 0) is 0 Å². The van der Waals surface area contributed by atoms with Crippen molar-refractivity contribution in [2.75, 3.05) is 5.32 Å². The molecule has 1 aliphatic rings. The Balaban J connectivity index is 1.89. The maximum absolute atomic E-state index is 12.1. The minimum atomic E-state index is -4.77. The van der Waals surface area contributed by atoms with Gasteiger partial charge in [0.05, 0.1) is 6.17 Å². The number of hydroxylamine groups is 1. The Labute approximate surface area is 148 Å². The monoisotopic (exact) mass is 377 g/mol. The van der Waals surface area contributed by atoms with Gasteiger partial charge < -0.3 is 20.6 Å². The summed E-state index contributed by atoms with van der Waals surface area (Å²) in [5.41, 5.74) is 2.43. The van der Waals surface area contributed by atoms with Crippen LogP contribution in [0.1, 0.15) is 20.3 Å². The van der Waals surface area contributed by atoms with Crippen molar-refractivity contribution in [2.24, 2.45) is 5.92 Å². The average molecular weight is 377 g/mol. The van der Waals surface area contributed by atoms with Gasteiger partial charge in [0.25, 0.3) is 0 Å². The highest BCUT2D eigenvalue weighted by Gasteiger charge is 2.31. The van der Waals surface area contributed by atoms with E-state index in [1.54, 1.807) is 0 Å². The first-order chi connectivity index (χ1) is 12.2. The number of hydrogen-bond acceptors (Lipinski definition) is 6. The van der Waals surface area contributed by atoms with Crippen LogP contribution in [0.25, 0.3) is 0 Å². The quantitative estimate of drug-likeness (QED) is 0.438. The van der Waals surface area contributed by atoms with E-state index in [0.29, 0.717) is 12.1 Å². The summed E-state index contributed by atoms with van der Waals surface area (Å²) in [4.78, 5) is 12.1. The maximum atomic E-state index is 12.1. The van der Waals surface area contributed by atoms with E-state index in [9.17, 15) is 18.0 Å². The molecule has 26 heavy (non-hydrogen) atoms. The zero-order chi connectivity index (χ0) is 19.3. The van der Waals surface area contributed by atoms with Crippen LogP contribution in [0.15, 0.2) is 24.3 Å². The molecule has 146 valence electrons. The van der Waals surface area contributed by atoms with Gasteiger partial charge in [-0.15, -0.1) is 13.2 Å². The van der Waals surface area contributed by atoms with Crippen molar-refractivity contribution in [1.82, 2.24) is 21.4 Å². The maximum Gasteiger partial charge on any atom is 0.573 e. The Kier molecular flexibility index (Phi) is 6.64. The summed E-state index contributed by atoms with van der Waals surface area (Å²) in [7, 11) is 0. The first-order valence-corrected chi connectivity index (χ1v) is 8.01. The highest BCUT2D eigenvalue weighted by Crippen LogP contribution is 2.23. The largest absolute Gasteiger partial charge is 0.573 e. The molecular weight excluding hydrogens is 355 g/mol. The number of carbonyl (C=O) groups excluding carboxylic acids is 1. The number of nitrogens with one attached hydrogen (secondary N) is 5. The molecule has 0 saturated carbocycles. The highest BCUT2D eigenvalue weighted by molar-refractivity contribution is 5.89. The molecule has 2 amide bonds. The van der Waals surface area contributed by atoms with E-state index in [1.165, 1.54) is 12.1 Å². The fourth-order valence-electron chi connectivity index (χ4n) is 2.53. The standard InChI is InChI=1S/C15H22F3N5O3/c1-8(2)11-7-12(23-25)21-13(20-11)22-14(24)19-9-3-5-10(6-4-9)26-15(16,17)18/h3-6,8,11-13,20-21,23,25H,7H2,1-2H3,(H2,19,22,24). The van der Waals surface area contributed by atoms with Crippen molar-refractivity contribution < 1.29 is 27.9 Å². The van der Waals surface area contributed by atoms with Gasteiger partial charge in [0.2, 0.25) is 0 Å². The summed E-state index contributed by atoms with van der Waals surface area (Å²) in [5.74, 6) is -0.0998. The topological polar surface area (TPSA) is 107 Å². The van der Waals surface area contributed by atoms with Crippen LogP contribution < -0.4 is 31.5 Å². The third kappa shape index (κ3) is 6.33. The Morgan fingerprint density at radius 2 is 1.92 bits per heavy atom. The molecule has 6 N–H and O–H groups in total. The summed E-state index contributed by atoms with van der Waals surface area (Å²) >= 11 is 0. The minimum absolute atomic E-state index is 0.0602.